The zero-order valence-electron chi connectivity index (χ0n) is 9.59. The maximum atomic E-state index is 11.4. The lowest BCUT2D eigenvalue weighted by Gasteiger charge is -2.14. The van der Waals surface area contributed by atoms with Crippen LogP contribution in [0.5, 0.6) is 0 Å². The number of hydrazine groups is 1. The molecule has 1 N–H and O–H groups in total. The van der Waals surface area contributed by atoms with Gasteiger partial charge in [0.2, 0.25) is 11.8 Å². The zero-order chi connectivity index (χ0) is 13.0. The molecule has 2 rings (SSSR count). The Hall–Kier alpha value is -2.37. The first-order valence-corrected chi connectivity index (χ1v) is 5.50. The molecule has 1 fully saturated rings. The number of carbonyl (C=O) groups is 3. The van der Waals surface area contributed by atoms with E-state index in [1.807, 2.05) is 18.2 Å². The molecule has 0 spiro atoms. The number of rotatable bonds is 3. The molecule has 0 aliphatic carbocycles. The summed E-state index contributed by atoms with van der Waals surface area (Å²) in [7, 11) is 0. The van der Waals surface area contributed by atoms with Gasteiger partial charge in [0, 0.05) is 12.8 Å². The Morgan fingerprint density at radius 3 is 2.39 bits per heavy atom. The minimum atomic E-state index is -0.817. The lowest BCUT2D eigenvalue weighted by atomic mass is 10.2. The summed E-state index contributed by atoms with van der Waals surface area (Å²) in [5.74, 6) is -0.840. The van der Waals surface area contributed by atoms with Crippen molar-refractivity contribution < 1.29 is 19.1 Å². The molecule has 0 unspecified atom stereocenters. The third kappa shape index (κ3) is 2.85. The van der Waals surface area contributed by atoms with Crippen molar-refractivity contribution in [3.05, 3.63) is 35.9 Å². The average Bonchev–Trinajstić information content (AvgIpc) is 2.69. The predicted molar refractivity (Wildman–Crippen MR) is 60.8 cm³/mol. The van der Waals surface area contributed by atoms with E-state index in [0.717, 1.165) is 5.56 Å². The SMILES string of the molecule is O=C(NN1C(=O)CCC1=O)OCc1ccccc1. The van der Waals surface area contributed by atoms with Gasteiger partial charge in [-0.3, -0.25) is 9.59 Å². The number of ether oxygens (including phenoxy) is 1. The van der Waals surface area contributed by atoms with Crippen LogP contribution >= 0.6 is 0 Å². The van der Waals surface area contributed by atoms with E-state index in [1.54, 1.807) is 12.1 Å². The van der Waals surface area contributed by atoms with Crippen LogP contribution in [-0.4, -0.2) is 22.9 Å². The minimum absolute atomic E-state index is 0.0862. The maximum Gasteiger partial charge on any atom is 0.426 e. The van der Waals surface area contributed by atoms with E-state index < -0.39 is 17.9 Å². The summed E-state index contributed by atoms with van der Waals surface area (Å²) in [6, 6.07) is 9.11. The molecule has 0 bridgehead atoms. The van der Waals surface area contributed by atoms with Crippen molar-refractivity contribution in [3.8, 4) is 0 Å². The maximum absolute atomic E-state index is 11.4. The summed E-state index contributed by atoms with van der Waals surface area (Å²) in [6.45, 7) is 0.0862. The third-order valence-electron chi connectivity index (χ3n) is 2.47. The van der Waals surface area contributed by atoms with Crippen LogP contribution in [0.3, 0.4) is 0 Å². The van der Waals surface area contributed by atoms with Crippen molar-refractivity contribution in [2.24, 2.45) is 0 Å². The number of hydrogen-bond acceptors (Lipinski definition) is 4. The van der Waals surface area contributed by atoms with Gasteiger partial charge < -0.3 is 4.74 Å². The van der Waals surface area contributed by atoms with E-state index in [-0.39, 0.29) is 19.4 Å². The monoisotopic (exact) mass is 248 g/mol. The van der Waals surface area contributed by atoms with E-state index in [4.69, 9.17) is 4.74 Å². The second-order valence-corrected chi connectivity index (χ2v) is 3.80. The molecule has 1 heterocycles. The first-order valence-electron chi connectivity index (χ1n) is 5.50. The summed E-state index contributed by atoms with van der Waals surface area (Å²) in [6.07, 6.45) is -0.572. The molecule has 0 atom stereocenters. The second kappa shape index (κ2) is 5.31. The van der Waals surface area contributed by atoms with Crippen molar-refractivity contribution in [2.75, 3.05) is 0 Å². The standard InChI is InChI=1S/C12H12N2O4/c15-10-6-7-11(16)14(10)13-12(17)18-8-9-4-2-1-3-5-9/h1-5H,6-8H2,(H,13,17). The molecule has 18 heavy (non-hydrogen) atoms. The Kier molecular flexibility index (Phi) is 3.57. The lowest BCUT2D eigenvalue weighted by molar-refractivity contribution is -0.141. The molecular formula is C12H12N2O4. The first kappa shape index (κ1) is 12.1. The zero-order valence-corrected chi connectivity index (χ0v) is 9.59. The van der Waals surface area contributed by atoms with Gasteiger partial charge in [0.1, 0.15) is 6.61 Å². The van der Waals surface area contributed by atoms with Gasteiger partial charge in [-0.2, -0.15) is 5.01 Å². The number of amides is 3. The average molecular weight is 248 g/mol. The molecule has 1 aromatic rings. The van der Waals surface area contributed by atoms with Gasteiger partial charge in [0.25, 0.3) is 0 Å². The molecule has 6 nitrogen and oxygen atoms in total. The van der Waals surface area contributed by atoms with Gasteiger partial charge in [0.05, 0.1) is 0 Å². The minimum Gasteiger partial charge on any atom is -0.443 e. The number of carbonyl (C=O) groups excluding carboxylic acids is 3. The van der Waals surface area contributed by atoms with E-state index in [0.29, 0.717) is 5.01 Å². The molecule has 1 aliphatic rings. The van der Waals surface area contributed by atoms with Crippen molar-refractivity contribution in [1.29, 1.82) is 0 Å². The highest BCUT2D eigenvalue weighted by atomic mass is 16.6. The smallest absolute Gasteiger partial charge is 0.426 e. The van der Waals surface area contributed by atoms with Gasteiger partial charge in [-0.1, -0.05) is 30.3 Å². The van der Waals surface area contributed by atoms with Crippen LogP contribution in [0.25, 0.3) is 0 Å². The van der Waals surface area contributed by atoms with Gasteiger partial charge in [0.15, 0.2) is 0 Å². The number of nitrogens with one attached hydrogen (secondary N) is 1. The summed E-state index contributed by atoms with van der Waals surface area (Å²) in [5, 5.41) is 0.702. The molecule has 1 saturated heterocycles. The largest absolute Gasteiger partial charge is 0.443 e. The van der Waals surface area contributed by atoms with E-state index in [1.165, 1.54) is 0 Å². The van der Waals surface area contributed by atoms with Gasteiger partial charge >= 0.3 is 6.09 Å². The van der Waals surface area contributed by atoms with Crippen LogP contribution in [0.1, 0.15) is 18.4 Å². The fourth-order valence-electron chi connectivity index (χ4n) is 1.55. The van der Waals surface area contributed by atoms with Gasteiger partial charge in [-0.15, -0.1) is 0 Å². The third-order valence-corrected chi connectivity index (χ3v) is 2.47. The molecule has 6 heteroatoms. The van der Waals surface area contributed by atoms with E-state index >= 15 is 0 Å². The Balaban J connectivity index is 1.82. The van der Waals surface area contributed by atoms with Crippen molar-refractivity contribution in [2.45, 2.75) is 19.4 Å². The summed E-state index contributed by atoms with van der Waals surface area (Å²) in [5.41, 5.74) is 2.95. The number of hydrogen-bond donors (Lipinski definition) is 1. The Labute approximate surface area is 103 Å². The van der Waals surface area contributed by atoms with E-state index in [9.17, 15) is 14.4 Å². The van der Waals surface area contributed by atoms with Crippen LogP contribution in [-0.2, 0) is 20.9 Å². The predicted octanol–water partition coefficient (Wildman–Crippen LogP) is 0.977. The Bertz CT molecular complexity index is 456. The highest BCUT2D eigenvalue weighted by Crippen LogP contribution is 2.09. The summed E-state index contributed by atoms with van der Waals surface area (Å²) >= 11 is 0. The molecule has 1 aliphatic heterocycles. The summed E-state index contributed by atoms with van der Waals surface area (Å²) < 4.78 is 4.89. The summed E-state index contributed by atoms with van der Waals surface area (Å²) in [4.78, 5) is 33.8. The molecule has 3 amide bonds. The molecular weight excluding hydrogens is 236 g/mol. The number of nitrogens with zero attached hydrogens (tertiary/aromatic N) is 1. The fourth-order valence-corrected chi connectivity index (χ4v) is 1.55. The van der Waals surface area contributed by atoms with Crippen molar-refractivity contribution in [3.63, 3.8) is 0 Å². The highest BCUT2D eigenvalue weighted by molar-refractivity contribution is 6.02. The van der Waals surface area contributed by atoms with Gasteiger partial charge in [-0.25, -0.2) is 10.2 Å². The topological polar surface area (TPSA) is 75.7 Å². The quantitative estimate of drug-likeness (QED) is 0.809. The van der Waals surface area contributed by atoms with Crippen molar-refractivity contribution in [1.82, 2.24) is 10.4 Å². The second-order valence-electron chi connectivity index (χ2n) is 3.80. The molecule has 94 valence electrons. The highest BCUT2D eigenvalue weighted by Gasteiger charge is 2.30. The normalized spacial score (nSPS) is 14.8. The van der Waals surface area contributed by atoms with Gasteiger partial charge in [-0.05, 0) is 5.56 Å². The Morgan fingerprint density at radius 2 is 1.78 bits per heavy atom. The van der Waals surface area contributed by atoms with Crippen LogP contribution in [0.15, 0.2) is 30.3 Å². The number of benzene rings is 1. The molecule has 0 saturated carbocycles. The van der Waals surface area contributed by atoms with E-state index in [2.05, 4.69) is 5.43 Å². The first-order chi connectivity index (χ1) is 8.66. The lowest BCUT2D eigenvalue weighted by Crippen LogP contribution is -2.45. The molecule has 0 radical (unpaired) electrons. The van der Waals surface area contributed by atoms with Crippen molar-refractivity contribution >= 4 is 17.9 Å². The van der Waals surface area contributed by atoms with Crippen LogP contribution in [0.4, 0.5) is 4.79 Å². The van der Waals surface area contributed by atoms with Crippen LogP contribution in [0.2, 0.25) is 0 Å². The van der Waals surface area contributed by atoms with Crippen LogP contribution in [0, 0.1) is 0 Å². The molecule has 1 aromatic carbocycles. The molecule has 0 aromatic heterocycles. The van der Waals surface area contributed by atoms with Crippen LogP contribution < -0.4 is 5.43 Å². The fraction of sp³-hybridized carbons (Fsp3) is 0.250. The Morgan fingerprint density at radius 1 is 1.17 bits per heavy atom. The number of imide groups is 1.